The van der Waals surface area contributed by atoms with Crippen molar-refractivity contribution >= 4 is 45.9 Å². The molecule has 0 bridgehead atoms. The van der Waals surface area contributed by atoms with Gasteiger partial charge in [0.15, 0.2) is 11.5 Å². The molecule has 5 heterocycles. The number of piperazine rings is 1. The fourth-order valence-corrected chi connectivity index (χ4v) is 7.38. The van der Waals surface area contributed by atoms with Crippen molar-refractivity contribution in [1.82, 2.24) is 19.4 Å². The number of fused-ring (bicyclic) bond motifs is 3. The number of halogens is 2. The van der Waals surface area contributed by atoms with Crippen LogP contribution in [0.2, 0.25) is 10.0 Å². The van der Waals surface area contributed by atoms with Gasteiger partial charge in [0.05, 0.1) is 53.1 Å². The van der Waals surface area contributed by atoms with E-state index in [9.17, 15) is 4.79 Å². The SMILES string of the molecule is COC(=O)c1cc(Cl)c2nc(CN3CCN(c4cccc5c4O[C@](C)(c4ccc(Cl)cn4)O5)C4CCC43)n(C[C@@H]3CCO3)c2c1. The number of rotatable bonds is 7. The molecule has 1 aliphatic carbocycles. The summed E-state index contributed by atoms with van der Waals surface area (Å²) >= 11 is 12.8. The summed E-state index contributed by atoms with van der Waals surface area (Å²) in [5.74, 6) is 0.914. The molecule has 234 valence electrons. The van der Waals surface area contributed by atoms with Gasteiger partial charge in [0.1, 0.15) is 17.0 Å². The molecule has 8 rings (SSSR count). The van der Waals surface area contributed by atoms with E-state index in [1.165, 1.54) is 7.11 Å². The molecular formula is C33H33Cl2N5O5. The van der Waals surface area contributed by atoms with E-state index in [1.54, 1.807) is 18.3 Å². The summed E-state index contributed by atoms with van der Waals surface area (Å²) in [5.41, 5.74) is 3.63. The van der Waals surface area contributed by atoms with Crippen LogP contribution >= 0.6 is 23.2 Å². The van der Waals surface area contributed by atoms with Gasteiger partial charge in [-0.3, -0.25) is 9.88 Å². The van der Waals surface area contributed by atoms with Gasteiger partial charge < -0.3 is 28.4 Å². The number of para-hydroxylation sites is 1. The Balaban J connectivity index is 1.06. The summed E-state index contributed by atoms with van der Waals surface area (Å²) in [5, 5.41) is 1.00. The molecule has 12 heteroatoms. The van der Waals surface area contributed by atoms with Crippen LogP contribution in [0.4, 0.5) is 5.69 Å². The van der Waals surface area contributed by atoms with Gasteiger partial charge >= 0.3 is 5.97 Å². The van der Waals surface area contributed by atoms with Crippen LogP contribution in [0, 0.1) is 0 Å². The Labute approximate surface area is 270 Å². The van der Waals surface area contributed by atoms with Crippen LogP contribution in [0.1, 0.15) is 48.1 Å². The largest absolute Gasteiger partial charge is 0.465 e. The van der Waals surface area contributed by atoms with Gasteiger partial charge in [-0.05, 0) is 55.7 Å². The minimum absolute atomic E-state index is 0.117. The lowest BCUT2D eigenvalue weighted by Gasteiger charge is -2.54. The minimum atomic E-state index is -1.04. The molecule has 1 saturated carbocycles. The van der Waals surface area contributed by atoms with Crippen molar-refractivity contribution < 1.29 is 23.7 Å². The van der Waals surface area contributed by atoms with Crippen molar-refractivity contribution in [2.45, 2.75) is 63.3 Å². The van der Waals surface area contributed by atoms with Crippen LogP contribution in [0.5, 0.6) is 11.5 Å². The highest BCUT2D eigenvalue weighted by molar-refractivity contribution is 6.35. The van der Waals surface area contributed by atoms with Crippen LogP contribution < -0.4 is 14.4 Å². The van der Waals surface area contributed by atoms with Crippen LogP contribution in [-0.4, -0.2) is 70.4 Å². The predicted octanol–water partition coefficient (Wildman–Crippen LogP) is 5.81. The highest BCUT2D eigenvalue weighted by Crippen LogP contribution is 2.51. The molecule has 2 aromatic carbocycles. The highest BCUT2D eigenvalue weighted by atomic mass is 35.5. The lowest BCUT2D eigenvalue weighted by molar-refractivity contribution is -0.0717. The molecule has 0 N–H and O–H groups in total. The Kier molecular flexibility index (Phi) is 7.09. The Morgan fingerprint density at radius 3 is 2.64 bits per heavy atom. The molecular weight excluding hydrogens is 617 g/mol. The fourth-order valence-electron chi connectivity index (χ4n) is 7.01. The lowest BCUT2D eigenvalue weighted by Crippen LogP contribution is -2.64. The highest BCUT2D eigenvalue weighted by Gasteiger charge is 2.47. The van der Waals surface area contributed by atoms with Crippen LogP contribution in [0.15, 0.2) is 48.7 Å². The number of anilines is 1. The molecule has 2 saturated heterocycles. The zero-order valence-electron chi connectivity index (χ0n) is 25.0. The standard InChI is InChI=1S/C33H33Cl2N5O5/c1-33(28-9-6-20(34)16-36-28)44-27-5-3-4-25(31(27)45-33)39-12-11-38(23-7-8-24(23)39)18-29-37-30-22(35)14-19(32(41)42-2)15-26(30)40(29)17-21-10-13-43-21/h3-6,9,14-16,21,23-24H,7-8,10-13,17-18H2,1-2H3/t21-,23?,24?,33+/m0/s1. The molecule has 10 nitrogen and oxygen atoms in total. The Bertz CT molecular complexity index is 1790. The molecule has 4 atom stereocenters. The number of aromatic nitrogens is 3. The number of ether oxygens (including phenoxy) is 4. The Hall–Kier alpha value is -3.57. The first kappa shape index (κ1) is 28.9. The first-order valence-corrected chi connectivity index (χ1v) is 16.1. The predicted molar refractivity (Wildman–Crippen MR) is 169 cm³/mol. The number of carbonyl (C=O) groups is 1. The quantitative estimate of drug-likeness (QED) is 0.230. The van der Waals surface area contributed by atoms with E-state index < -0.39 is 11.8 Å². The number of hydrogen-bond donors (Lipinski definition) is 0. The fraction of sp³-hybridized carbons (Fsp3) is 0.424. The Morgan fingerprint density at radius 1 is 1.09 bits per heavy atom. The maximum atomic E-state index is 12.4. The number of esters is 1. The van der Waals surface area contributed by atoms with Gasteiger partial charge in [0.2, 0.25) is 0 Å². The van der Waals surface area contributed by atoms with E-state index in [-0.39, 0.29) is 6.10 Å². The number of pyridine rings is 1. The van der Waals surface area contributed by atoms with Crippen molar-refractivity contribution in [3.63, 3.8) is 0 Å². The Morgan fingerprint density at radius 2 is 1.93 bits per heavy atom. The molecule has 3 fully saturated rings. The summed E-state index contributed by atoms with van der Waals surface area (Å²) in [6.07, 6.45) is 4.90. The van der Waals surface area contributed by atoms with E-state index in [2.05, 4.69) is 25.4 Å². The monoisotopic (exact) mass is 649 g/mol. The minimum Gasteiger partial charge on any atom is -0.465 e. The van der Waals surface area contributed by atoms with Gasteiger partial charge in [-0.2, -0.15) is 0 Å². The maximum Gasteiger partial charge on any atom is 0.337 e. The topological polar surface area (TPSA) is 91.2 Å². The zero-order chi connectivity index (χ0) is 30.9. The van der Waals surface area contributed by atoms with Crippen LogP contribution in [0.3, 0.4) is 0 Å². The van der Waals surface area contributed by atoms with Crippen LogP contribution in [0.25, 0.3) is 11.0 Å². The second-order valence-electron chi connectivity index (χ2n) is 12.2. The normalized spacial score (nSPS) is 25.5. The van der Waals surface area contributed by atoms with Crippen LogP contribution in [-0.2, 0) is 28.4 Å². The third-order valence-corrected chi connectivity index (χ3v) is 10.1. The molecule has 0 amide bonds. The van der Waals surface area contributed by atoms with E-state index in [0.717, 1.165) is 61.7 Å². The third-order valence-electron chi connectivity index (χ3n) is 9.59. The summed E-state index contributed by atoms with van der Waals surface area (Å²) in [7, 11) is 1.37. The van der Waals surface area contributed by atoms with Gasteiger partial charge in [-0.15, -0.1) is 0 Å². The van der Waals surface area contributed by atoms with Crippen molar-refractivity contribution in [3.8, 4) is 11.5 Å². The van der Waals surface area contributed by atoms with Gasteiger partial charge in [-0.1, -0.05) is 29.3 Å². The van der Waals surface area contributed by atoms with E-state index >= 15 is 0 Å². The zero-order valence-corrected chi connectivity index (χ0v) is 26.6. The van der Waals surface area contributed by atoms with E-state index in [0.29, 0.717) is 57.7 Å². The summed E-state index contributed by atoms with van der Waals surface area (Å²) in [6, 6.07) is 13.9. The van der Waals surface area contributed by atoms with Crippen molar-refractivity contribution in [2.75, 3.05) is 31.7 Å². The van der Waals surface area contributed by atoms with Crippen molar-refractivity contribution in [2.24, 2.45) is 0 Å². The molecule has 3 aliphatic heterocycles. The number of benzene rings is 2. The first-order valence-electron chi connectivity index (χ1n) is 15.3. The molecule has 2 aromatic heterocycles. The van der Waals surface area contributed by atoms with Gasteiger partial charge in [-0.25, -0.2) is 9.78 Å². The smallest absolute Gasteiger partial charge is 0.337 e. The number of methoxy groups -OCH3 is 1. The van der Waals surface area contributed by atoms with Crippen molar-refractivity contribution in [3.05, 3.63) is 75.8 Å². The maximum absolute atomic E-state index is 12.4. The average molecular weight is 651 g/mol. The van der Waals surface area contributed by atoms with Gasteiger partial charge in [0.25, 0.3) is 5.79 Å². The number of carbonyl (C=O) groups excluding carboxylic acids is 1. The second kappa shape index (κ2) is 11.0. The first-order chi connectivity index (χ1) is 21.8. The third kappa shape index (κ3) is 4.90. The molecule has 4 aromatic rings. The average Bonchev–Trinajstić information content (AvgIpc) is 3.53. The number of imidazole rings is 1. The molecule has 0 spiro atoms. The number of nitrogens with zero attached hydrogens (tertiary/aromatic N) is 5. The molecule has 4 aliphatic rings. The van der Waals surface area contributed by atoms with E-state index in [4.69, 9.17) is 47.1 Å². The van der Waals surface area contributed by atoms with Crippen molar-refractivity contribution in [1.29, 1.82) is 0 Å². The summed E-state index contributed by atoms with van der Waals surface area (Å²) in [4.78, 5) is 26.9. The van der Waals surface area contributed by atoms with E-state index in [1.807, 2.05) is 31.2 Å². The second-order valence-corrected chi connectivity index (χ2v) is 13.1. The molecule has 45 heavy (non-hydrogen) atoms. The lowest BCUT2D eigenvalue weighted by atomic mass is 9.81. The number of hydrogen-bond acceptors (Lipinski definition) is 9. The summed E-state index contributed by atoms with van der Waals surface area (Å²) in [6.45, 7) is 5.67. The van der Waals surface area contributed by atoms with Gasteiger partial charge in [0, 0.05) is 44.9 Å². The molecule has 0 radical (unpaired) electrons. The summed E-state index contributed by atoms with van der Waals surface area (Å²) < 4.78 is 25.8. The molecule has 2 unspecified atom stereocenters.